The molecule has 0 saturated heterocycles. The lowest BCUT2D eigenvalue weighted by Gasteiger charge is -2.08. The minimum absolute atomic E-state index is 0.364. The average molecular weight is 264 g/mol. The molecule has 0 aliphatic carbocycles. The summed E-state index contributed by atoms with van der Waals surface area (Å²) in [5, 5.41) is 3.27. The lowest BCUT2D eigenvalue weighted by atomic mass is 10.1. The van der Waals surface area contributed by atoms with E-state index in [1.807, 2.05) is 40.8 Å². The van der Waals surface area contributed by atoms with E-state index in [0.717, 1.165) is 30.8 Å². The number of aryl methyl sites for hydroxylation is 2. The van der Waals surface area contributed by atoms with Crippen LogP contribution in [0.5, 0.6) is 0 Å². The van der Waals surface area contributed by atoms with E-state index in [1.165, 1.54) is 5.56 Å². The molecule has 0 atom stereocenters. The van der Waals surface area contributed by atoms with Crippen molar-refractivity contribution >= 4 is 11.6 Å². The van der Waals surface area contributed by atoms with Gasteiger partial charge >= 0.3 is 0 Å². The summed E-state index contributed by atoms with van der Waals surface area (Å²) in [6, 6.07) is 2.11. The second-order valence-electron chi connectivity index (χ2n) is 4.50. The zero-order valence-corrected chi connectivity index (χ0v) is 13.0. The van der Waals surface area contributed by atoms with Crippen LogP contribution in [0.4, 0.5) is 5.82 Å². The van der Waals surface area contributed by atoms with Crippen molar-refractivity contribution in [3.63, 3.8) is 0 Å². The first-order chi connectivity index (χ1) is 9.13. The van der Waals surface area contributed by atoms with Crippen LogP contribution in [-0.4, -0.2) is 17.3 Å². The summed E-state index contributed by atoms with van der Waals surface area (Å²) in [5.74, 6) is 1.29. The monoisotopic (exact) mass is 264 g/mol. The highest BCUT2D eigenvalue weighted by Gasteiger charge is 2.01. The SMILES string of the molecule is CC.CCCC(=O)CCCNc1ncc(C)cc1C. The minimum atomic E-state index is 0.364. The van der Waals surface area contributed by atoms with Crippen molar-refractivity contribution in [2.75, 3.05) is 11.9 Å². The molecule has 1 aromatic rings. The summed E-state index contributed by atoms with van der Waals surface area (Å²) in [6.45, 7) is 10.9. The Morgan fingerprint density at radius 1 is 1.26 bits per heavy atom. The third-order valence-electron chi connectivity index (χ3n) is 2.67. The molecule has 108 valence electrons. The van der Waals surface area contributed by atoms with Crippen LogP contribution in [0.25, 0.3) is 0 Å². The second kappa shape index (κ2) is 10.5. The van der Waals surface area contributed by atoms with E-state index in [1.54, 1.807) is 0 Å². The molecule has 0 unspecified atom stereocenters. The predicted octanol–water partition coefficient (Wildman–Crippen LogP) is 4.29. The molecule has 0 fully saturated rings. The quantitative estimate of drug-likeness (QED) is 0.747. The largest absolute Gasteiger partial charge is 0.370 e. The maximum absolute atomic E-state index is 11.3. The zero-order valence-electron chi connectivity index (χ0n) is 13.0. The summed E-state index contributed by atoms with van der Waals surface area (Å²) in [6.07, 6.45) is 5.07. The van der Waals surface area contributed by atoms with Crippen LogP contribution in [0.2, 0.25) is 0 Å². The van der Waals surface area contributed by atoms with Crippen molar-refractivity contribution in [3.05, 3.63) is 23.4 Å². The number of carbonyl (C=O) groups is 1. The fourth-order valence-electron chi connectivity index (χ4n) is 1.80. The molecular formula is C16H28N2O. The Hall–Kier alpha value is -1.38. The fraction of sp³-hybridized carbons (Fsp3) is 0.625. The Labute approximate surface area is 117 Å². The van der Waals surface area contributed by atoms with Gasteiger partial charge in [0, 0.05) is 25.6 Å². The first-order valence-electron chi connectivity index (χ1n) is 7.32. The molecule has 0 aliphatic heterocycles. The Kier molecular flexibility index (Phi) is 9.77. The number of nitrogens with zero attached hydrogens (tertiary/aromatic N) is 1. The molecule has 0 amide bonds. The fourth-order valence-corrected chi connectivity index (χ4v) is 1.80. The average Bonchev–Trinajstić information content (AvgIpc) is 2.39. The van der Waals surface area contributed by atoms with Gasteiger partial charge in [0.1, 0.15) is 11.6 Å². The van der Waals surface area contributed by atoms with Gasteiger partial charge in [-0.1, -0.05) is 26.8 Å². The highest BCUT2D eigenvalue weighted by molar-refractivity contribution is 5.78. The molecule has 3 nitrogen and oxygen atoms in total. The molecule has 1 N–H and O–H groups in total. The zero-order chi connectivity index (χ0) is 14.7. The van der Waals surface area contributed by atoms with Gasteiger partial charge < -0.3 is 5.32 Å². The van der Waals surface area contributed by atoms with Crippen molar-refractivity contribution in [2.45, 2.75) is 60.3 Å². The van der Waals surface area contributed by atoms with Gasteiger partial charge in [0.2, 0.25) is 0 Å². The van der Waals surface area contributed by atoms with Gasteiger partial charge in [0.05, 0.1) is 0 Å². The number of nitrogens with one attached hydrogen (secondary N) is 1. The number of pyridine rings is 1. The van der Waals surface area contributed by atoms with E-state index in [4.69, 9.17) is 0 Å². The normalized spacial score (nSPS) is 9.53. The lowest BCUT2D eigenvalue weighted by molar-refractivity contribution is -0.119. The molecule has 1 heterocycles. The first-order valence-corrected chi connectivity index (χ1v) is 7.32. The number of aromatic nitrogens is 1. The van der Waals surface area contributed by atoms with Crippen molar-refractivity contribution in [3.8, 4) is 0 Å². The summed E-state index contributed by atoms with van der Waals surface area (Å²) >= 11 is 0. The van der Waals surface area contributed by atoms with Crippen LogP contribution in [0.15, 0.2) is 12.3 Å². The molecule has 0 radical (unpaired) electrons. The Morgan fingerprint density at radius 2 is 1.95 bits per heavy atom. The number of hydrogen-bond acceptors (Lipinski definition) is 3. The Balaban J connectivity index is 0.00000154. The summed E-state index contributed by atoms with van der Waals surface area (Å²) in [5.41, 5.74) is 2.33. The third kappa shape index (κ3) is 7.60. The summed E-state index contributed by atoms with van der Waals surface area (Å²) in [4.78, 5) is 15.7. The molecule has 19 heavy (non-hydrogen) atoms. The number of Topliss-reactive ketones (excluding diaryl/α,β-unsaturated/α-hetero) is 1. The molecule has 1 rings (SSSR count). The molecule has 1 aromatic heterocycles. The van der Waals surface area contributed by atoms with Gasteiger partial charge in [-0.05, 0) is 37.8 Å². The number of ketones is 1. The van der Waals surface area contributed by atoms with E-state index >= 15 is 0 Å². The van der Waals surface area contributed by atoms with E-state index in [0.29, 0.717) is 18.6 Å². The van der Waals surface area contributed by atoms with Crippen LogP contribution in [0.1, 0.15) is 57.6 Å². The topological polar surface area (TPSA) is 42.0 Å². The van der Waals surface area contributed by atoms with Crippen molar-refractivity contribution in [1.82, 2.24) is 4.98 Å². The lowest BCUT2D eigenvalue weighted by Crippen LogP contribution is -2.07. The molecule has 0 aromatic carbocycles. The molecule has 0 aliphatic rings. The van der Waals surface area contributed by atoms with Crippen LogP contribution in [0.3, 0.4) is 0 Å². The minimum Gasteiger partial charge on any atom is -0.370 e. The van der Waals surface area contributed by atoms with Crippen molar-refractivity contribution in [2.24, 2.45) is 0 Å². The maximum Gasteiger partial charge on any atom is 0.132 e. The van der Waals surface area contributed by atoms with E-state index in [2.05, 4.69) is 16.4 Å². The van der Waals surface area contributed by atoms with Gasteiger partial charge in [0.25, 0.3) is 0 Å². The van der Waals surface area contributed by atoms with Gasteiger partial charge in [0.15, 0.2) is 0 Å². The number of rotatable bonds is 7. The van der Waals surface area contributed by atoms with Gasteiger partial charge in [-0.15, -0.1) is 0 Å². The first kappa shape index (κ1) is 17.6. The maximum atomic E-state index is 11.3. The van der Waals surface area contributed by atoms with Gasteiger partial charge in [-0.3, -0.25) is 4.79 Å². The Morgan fingerprint density at radius 3 is 2.53 bits per heavy atom. The number of carbonyl (C=O) groups excluding carboxylic acids is 1. The predicted molar refractivity (Wildman–Crippen MR) is 82.7 cm³/mol. The molecule has 0 spiro atoms. The van der Waals surface area contributed by atoms with Gasteiger partial charge in [-0.25, -0.2) is 4.98 Å². The highest BCUT2D eigenvalue weighted by Crippen LogP contribution is 2.12. The third-order valence-corrected chi connectivity index (χ3v) is 2.67. The highest BCUT2D eigenvalue weighted by atomic mass is 16.1. The van der Waals surface area contributed by atoms with Crippen molar-refractivity contribution < 1.29 is 4.79 Å². The number of hydrogen-bond donors (Lipinski definition) is 1. The summed E-state index contributed by atoms with van der Waals surface area (Å²) in [7, 11) is 0. The standard InChI is InChI=1S/C14H22N2O.C2H6/c1-4-6-13(17)7-5-8-15-14-12(3)9-11(2)10-16-14;1-2/h9-10H,4-8H2,1-3H3,(H,15,16);1-2H3. The van der Waals surface area contributed by atoms with Crippen LogP contribution < -0.4 is 5.32 Å². The molecule has 3 heteroatoms. The number of anilines is 1. The van der Waals surface area contributed by atoms with Crippen LogP contribution in [-0.2, 0) is 4.79 Å². The summed E-state index contributed by atoms with van der Waals surface area (Å²) < 4.78 is 0. The van der Waals surface area contributed by atoms with E-state index in [-0.39, 0.29) is 0 Å². The van der Waals surface area contributed by atoms with E-state index in [9.17, 15) is 4.79 Å². The Bertz CT molecular complexity index is 375. The smallest absolute Gasteiger partial charge is 0.132 e. The second-order valence-corrected chi connectivity index (χ2v) is 4.50. The molecular weight excluding hydrogens is 236 g/mol. The molecule has 0 bridgehead atoms. The van der Waals surface area contributed by atoms with Gasteiger partial charge in [-0.2, -0.15) is 0 Å². The van der Waals surface area contributed by atoms with Crippen molar-refractivity contribution in [1.29, 1.82) is 0 Å². The van der Waals surface area contributed by atoms with Crippen LogP contribution in [0, 0.1) is 13.8 Å². The molecule has 0 saturated carbocycles. The van der Waals surface area contributed by atoms with E-state index < -0.39 is 0 Å². The van der Waals surface area contributed by atoms with Crippen LogP contribution >= 0.6 is 0 Å².